The van der Waals surface area contributed by atoms with Gasteiger partial charge in [-0.1, -0.05) is 0 Å². The molecule has 0 fully saturated rings. The zero-order valence-electron chi connectivity index (χ0n) is 11.6. The number of nitriles is 1. The van der Waals surface area contributed by atoms with Crippen LogP contribution >= 0.6 is 31.9 Å². The molecule has 0 unspecified atom stereocenters. The fraction of sp³-hybridized carbons (Fsp3) is 0.133. The van der Waals surface area contributed by atoms with Crippen molar-refractivity contribution in [3.05, 3.63) is 44.5 Å². The van der Waals surface area contributed by atoms with Gasteiger partial charge in [0.1, 0.15) is 24.1 Å². The van der Waals surface area contributed by atoms with Gasteiger partial charge < -0.3 is 14.7 Å². The second kappa shape index (κ2) is 6.18. The normalized spacial score (nSPS) is 13.0. The summed E-state index contributed by atoms with van der Waals surface area (Å²) in [6.07, 6.45) is 1.40. The standard InChI is InChI=1S/C15H9Br2N3O3/c16-10-4-9(5-11(17)13(10)21)15(22)20-1-2-23-14-12(20)3-8(6-18)7-19-14/h3-5,7,21H,1-2H2. The highest BCUT2D eigenvalue weighted by Crippen LogP contribution is 2.35. The lowest BCUT2D eigenvalue weighted by molar-refractivity contribution is 0.0975. The number of anilines is 1. The van der Waals surface area contributed by atoms with E-state index in [1.807, 2.05) is 6.07 Å². The molecule has 1 aliphatic rings. The van der Waals surface area contributed by atoms with E-state index in [4.69, 9.17) is 10.00 Å². The molecule has 0 aliphatic carbocycles. The molecule has 0 saturated heterocycles. The number of phenols is 1. The molecule has 3 rings (SSSR count). The molecule has 2 heterocycles. The minimum absolute atomic E-state index is 0.0253. The summed E-state index contributed by atoms with van der Waals surface area (Å²) >= 11 is 6.43. The Bertz CT molecular complexity index is 825. The monoisotopic (exact) mass is 437 g/mol. The van der Waals surface area contributed by atoms with Crippen LogP contribution in [0.25, 0.3) is 0 Å². The number of ether oxygens (including phenoxy) is 1. The van der Waals surface area contributed by atoms with Crippen molar-refractivity contribution in [1.29, 1.82) is 5.26 Å². The van der Waals surface area contributed by atoms with Crippen molar-refractivity contribution >= 4 is 43.5 Å². The maximum atomic E-state index is 12.8. The number of halogens is 2. The summed E-state index contributed by atoms with van der Waals surface area (Å²) in [5.41, 5.74) is 1.19. The van der Waals surface area contributed by atoms with E-state index in [1.165, 1.54) is 11.1 Å². The number of rotatable bonds is 1. The van der Waals surface area contributed by atoms with Crippen LogP contribution < -0.4 is 9.64 Å². The van der Waals surface area contributed by atoms with E-state index < -0.39 is 0 Å². The molecule has 2 aromatic rings. The SMILES string of the molecule is N#Cc1cnc2c(c1)N(C(=O)c1cc(Br)c(O)c(Br)c1)CCO2. The lowest BCUT2D eigenvalue weighted by Crippen LogP contribution is -2.38. The summed E-state index contributed by atoms with van der Waals surface area (Å²) < 4.78 is 6.25. The van der Waals surface area contributed by atoms with Crippen LogP contribution in [0.5, 0.6) is 11.6 Å². The van der Waals surface area contributed by atoms with Crippen LogP contribution in [0.2, 0.25) is 0 Å². The number of nitrogens with zero attached hydrogens (tertiary/aromatic N) is 3. The van der Waals surface area contributed by atoms with Gasteiger partial charge in [0.2, 0.25) is 5.88 Å². The predicted molar refractivity (Wildman–Crippen MR) is 89.6 cm³/mol. The molecule has 0 bridgehead atoms. The third kappa shape index (κ3) is 2.90. The van der Waals surface area contributed by atoms with E-state index in [-0.39, 0.29) is 11.7 Å². The predicted octanol–water partition coefficient (Wildman–Crippen LogP) is 3.22. The number of amides is 1. The van der Waals surface area contributed by atoms with Crippen LogP contribution in [0, 0.1) is 11.3 Å². The Kier molecular flexibility index (Phi) is 4.24. The molecule has 1 aliphatic heterocycles. The van der Waals surface area contributed by atoms with Gasteiger partial charge in [0.25, 0.3) is 5.91 Å². The number of benzene rings is 1. The lowest BCUT2D eigenvalue weighted by Gasteiger charge is -2.28. The Labute approximate surface area is 148 Å². The second-order valence-electron chi connectivity index (χ2n) is 4.75. The number of hydrogen-bond acceptors (Lipinski definition) is 5. The molecule has 0 atom stereocenters. The van der Waals surface area contributed by atoms with Gasteiger partial charge in [-0.05, 0) is 50.1 Å². The molecule has 23 heavy (non-hydrogen) atoms. The first-order valence-electron chi connectivity index (χ1n) is 6.54. The Morgan fingerprint density at radius 3 is 2.70 bits per heavy atom. The number of aromatic hydroxyl groups is 1. The number of fused-ring (bicyclic) bond motifs is 1. The zero-order valence-corrected chi connectivity index (χ0v) is 14.8. The van der Waals surface area contributed by atoms with E-state index in [0.717, 1.165) is 0 Å². The summed E-state index contributed by atoms with van der Waals surface area (Å²) in [5, 5.41) is 18.8. The number of phenolic OH excluding ortho intramolecular Hbond substituents is 1. The first-order valence-corrected chi connectivity index (χ1v) is 8.12. The Hall–Kier alpha value is -2.11. The maximum absolute atomic E-state index is 12.8. The number of pyridine rings is 1. The van der Waals surface area contributed by atoms with Crippen molar-refractivity contribution in [3.8, 4) is 17.7 Å². The van der Waals surface area contributed by atoms with Crippen LogP contribution in [0.1, 0.15) is 15.9 Å². The molecule has 0 radical (unpaired) electrons. The van der Waals surface area contributed by atoms with E-state index in [2.05, 4.69) is 36.8 Å². The van der Waals surface area contributed by atoms with Crippen molar-refractivity contribution in [2.75, 3.05) is 18.1 Å². The molecule has 8 heteroatoms. The molecular weight excluding hydrogens is 430 g/mol. The number of carbonyl (C=O) groups is 1. The summed E-state index contributed by atoms with van der Waals surface area (Å²) in [6.45, 7) is 0.663. The first kappa shape index (κ1) is 15.8. The number of aromatic nitrogens is 1. The van der Waals surface area contributed by atoms with Gasteiger partial charge in [0.15, 0.2) is 0 Å². The fourth-order valence-electron chi connectivity index (χ4n) is 2.22. The molecule has 1 N–H and O–H groups in total. The molecule has 0 saturated carbocycles. The summed E-state index contributed by atoms with van der Waals surface area (Å²) in [4.78, 5) is 18.4. The van der Waals surface area contributed by atoms with Crippen LogP contribution in [0.4, 0.5) is 5.69 Å². The van der Waals surface area contributed by atoms with E-state index in [0.29, 0.717) is 44.8 Å². The van der Waals surface area contributed by atoms with Crippen molar-refractivity contribution in [2.45, 2.75) is 0 Å². The lowest BCUT2D eigenvalue weighted by atomic mass is 10.1. The third-order valence-corrected chi connectivity index (χ3v) is 4.52. The van der Waals surface area contributed by atoms with Gasteiger partial charge >= 0.3 is 0 Å². The van der Waals surface area contributed by atoms with Gasteiger partial charge in [-0.3, -0.25) is 4.79 Å². The Balaban J connectivity index is 2.04. The highest BCUT2D eigenvalue weighted by Gasteiger charge is 2.27. The second-order valence-corrected chi connectivity index (χ2v) is 6.46. The minimum atomic E-state index is -0.271. The van der Waals surface area contributed by atoms with E-state index in [9.17, 15) is 9.90 Å². The largest absolute Gasteiger partial charge is 0.506 e. The van der Waals surface area contributed by atoms with Crippen LogP contribution in [0.15, 0.2) is 33.3 Å². The Morgan fingerprint density at radius 1 is 1.35 bits per heavy atom. The van der Waals surface area contributed by atoms with Crippen molar-refractivity contribution in [2.24, 2.45) is 0 Å². The quantitative estimate of drug-likeness (QED) is 0.738. The van der Waals surface area contributed by atoms with E-state index in [1.54, 1.807) is 18.2 Å². The highest BCUT2D eigenvalue weighted by molar-refractivity contribution is 9.11. The summed E-state index contributed by atoms with van der Waals surface area (Å²) in [7, 11) is 0. The molecule has 0 spiro atoms. The molecule has 1 aromatic carbocycles. The number of hydrogen-bond donors (Lipinski definition) is 1. The van der Waals surface area contributed by atoms with Crippen molar-refractivity contribution in [3.63, 3.8) is 0 Å². The molecule has 116 valence electrons. The van der Waals surface area contributed by atoms with Crippen molar-refractivity contribution < 1.29 is 14.6 Å². The van der Waals surface area contributed by atoms with E-state index >= 15 is 0 Å². The minimum Gasteiger partial charge on any atom is -0.506 e. The van der Waals surface area contributed by atoms with Crippen LogP contribution in [0.3, 0.4) is 0 Å². The van der Waals surface area contributed by atoms with Gasteiger partial charge in [0.05, 0.1) is 21.1 Å². The zero-order chi connectivity index (χ0) is 16.6. The molecule has 6 nitrogen and oxygen atoms in total. The summed E-state index contributed by atoms with van der Waals surface area (Å²) in [6, 6.07) is 6.65. The maximum Gasteiger partial charge on any atom is 0.258 e. The number of carbonyl (C=O) groups excluding carboxylic acids is 1. The Morgan fingerprint density at radius 2 is 2.04 bits per heavy atom. The topological polar surface area (TPSA) is 86.5 Å². The van der Waals surface area contributed by atoms with Crippen LogP contribution in [-0.2, 0) is 0 Å². The third-order valence-electron chi connectivity index (χ3n) is 3.31. The van der Waals surface area contributed by atoms with Crippen LogP contribution in [-0.4, -0.2) is 29.1 Å². The fourth-order valence-corrected chi connectivity index (χ4v) is 3.40. The van der Waals surface area contributed by atoms with Gasteiger partial charge in [-0.25, -0.2) is 4.98 Å². The van der Waals surface area contributed by atoms with Gasteiger partial charge in [0, 0.05) is 11.8 Å². The highest BCUT2D eigenvalue weighted by atomic mass is 79.9. The van der Waals surface area contributed by atoms with Gasteiger partial charge in [-0.2, -0.15) is 5.26 Å². The van der Waals surface area contributed by atoms with Gasteiger partial charge in [-0.15, -0.1) is 0 Å². The van der Waals surface area contributed by atoms with Crippen molar-refractivity contribution in [1.82, 2.24) is 4.98 Å². The molecular formula is C15H9Br2N3O3. The summed E-state index contributed by atoms with van der Waals surface area (Å²) in [5.74, 6) is 0.0747. The average molecular weight is 439 g/mol. The average Bonchev–Trinajstić information content (AvgIpc) is 2.57. The molecule has 1 amide bonds. The smallest absolute Gasteiger partial charge is 0.258 e. The first-order chi connectivity index (χ1) is 11.0. The molecule has 1 aromatic heterocycles.